The lowest BCUT2D eigenvalue weighted by atomic mass is 10.2. The lowest BCUT2D eigenvalue weighted by Crippen LogP contribution is -1.97. The maximum Gasteiger partial charge on any atom is 0.121 e. The summed E-state index contributed by atoms with van der Waals surface area (Å²) in [5, 5.41) is 0.702. The van der Waals surface area contributed by atoms with E-state index in [0.717, 1.165) is 22.4 Å². The molecule has 0 atom stereocenters. The molecule has 0 radical (unpaired) electrons. The highest BCUT2D eigenvalue weighted by Gasteiger charge is 2.06. The van der Waals surface area contributed by atoms with Crippen molar-refractivity contribution >= 4 is 22.6 Å². The number of aromatic nitrogens is 2. The number of imidazole rings is 1. The van der Waals surface area contributed by atoms with E-state index in [1.54, 1.807) is 0 Å². The van der Waals surface area contributed by atoms with Crippen LogP contribution in [-0.4, -0.2) is 9.97 Å². The fourth-order valence-electron chi connectivity index (χ4n) is 1.29. The molecular weight excluding hydrogens is 186 g/mol. The monoisotopic (exact) mass is 195 g/mol. The molecule has 0 spiro atoms. The third kappa shape index (κ3) is 1.30. The molecule has 0 saturated heterocycles. The number of H-pyrrole nitrogens is 1. The second-order valence-corrected chi connectivity index (χ2v) is 3.36. The third-order valence-electron chi connectivity index (χ3n) is 2.03. The lowest BCUT2D eigenvalue weighted by molar-refractivity contribution is 0.958. The molecule has 2 rings (SSSR count). The minimum atomic E-state index is 0.407. The summed E-state index contributed by atoms with van der Waals surface area (Å²) in [4.78, 5) is 7.37. The Morgan fingerprint density at radius 2 is 2.31 bits per heavy atom. The quantitative estimate of drug-likeness (QED) is 0.731. The van der Waals surface area contributed by atoms with E-state index in [9.17, 15) is 0 Å². The first-order chi connectivity index (χ1) is 6.22. The number of benzene rings is 1. The number of hydrogen-bond acceptors (Lipinski definition) is 2. The molecule has 1 aromatic heterocycles. The predicted molar refractivity (Wildman–Crippen MR) is 53.7 cm³/mol. The van der Waals surface area contributed by atoms with Gasteiger partial charge in [0.1, 0.15) is 11.3 Å². The molecule has 0 aliphatic heterocycles. The van der Waals surface area contributed by atoms with Crippen molar-refractivity contribution in [2.24, 2.45) is 5.73 Å². The van der Waals surface area contributed by atoms with Crippen LogP contribution in [0.2, 0.25) is 5.02 Å². The molecular formula is C9H10ClN3. The molecule has 0 unspecified atom stereocenters. The number of nitrogens with zero attached hydrogens (tertiary/aromatic N) is 1. The summed E-state index contributed by atoms with van der Waals surface area (Å²) in [6.07, 6.45) is 0. The number of aromatic amines is 1. The normalized spacial score (nSPS) is 11.0. The standard InChI is InChI=1S/C9H10ClN3/c1-5-2-3-6-9(8(5)10)13-7(4-11)12-6/h2-3H,4,11H2,1H3,(H,12,13). The summed E-state index contributed by atoms with van der Waals surface area (Å²) >= 11 is 6.07. The van der Waals surface area contributed by atoms with Crippen molar-refractivity contribution in [2.75, 3.05) is 0 Å². The van der Waals surface area contributed by atoms with Crippen molar-refractivity contribution in [3.8, 4) is 0 Å². The SMILES string of the molecule is Cc1ccc2[nH]c(CN)nc2c1Cl. The first-order valence-corrected chi connectivity index (χ1v) is 4.44. The molecule has 0 aliphatic rings. The molecule has 3 N–H and O–H groups in total. The Morgan fingerprint density at radius 1 is 1.54 bits per heavy atom. The van der Waals surface area contributed by atoms with Crippen LogP contribution < -0.4 is 5.73 Å². The van der Waals surface area contributed by atoms with E-state index < -0.39 is 0 Å². The Kier molecular flexibility index (Phi) is 1.98. The van der Waals surface area contributed by atoms with Crippen LogP contribution in [0.5, 0.6) is 0 Å². The van der Waals surface area contributed by atoms with E-state index in [0.29, 0.717) is 11.6 Å². The second kappa shape index (κ2) is 3.01. The van der Waals surface area contributed by atoms with E-state index in [1.807, 2.05) is 19.1 Å². The van der Waals surface area contributed by atoms with Crippen molar-refractivity contribution < 1.29 is 0 Å². The van der Waals surface area contributed by atoms with E-state index in [2.05, 4.69) is 9.97 Å². The van der Waals surface area contributed by atoms with Crippen LogP contribution in [-0.2, 0) is 6.54 Å². The summed E-state index contributed by atoms with van der Waals surface area (Å²) < 4.78 is 0. The van der Waals surface area contributed by atoms with Gasteiger partial charge in [0, 0.05) is 0 Å². The zero-order chi connectivity index (χ0) is 9.42. The van der Waals surface area contributed by atoms with Gasteiger partial charge in [0.15, 0.2) is 0 Å². The minimum absolute atomic E-state index is 0.407. The van der Waals surface area contributed by atoms with Crippen LogP contribution in [0.1, 0.15) is 11.4 Å². The lowest BCUT2D eigenvalue weighted by Gasteiger charge is -1.95. The highest BCUT2D eigenvalue weighted by Crippen LogP contribution is 2.24. The third-order valence-corrected chi connectivity index (χ3v) is 2.51. The Bertz CT molecular complexity index is 447. The Hall–Kier alpha value is -1.06. The number of halogens is 1. The molecule has 0 saturated carbocycles. The van der Waals surface area contributed by atoms with Gasteiger partial charge < -0.3 is 10.7 Å². The Morgan fingerprint density at radius 3 is 3.00 bits per heavy atom. The highest BCUT2D eigenvalue weighted by molar-refractivity contribution is 6.35. The van der Waals surface area contributed by atoms with Crippen LogP contribution >= 0.6 is 11.6 Å². The molecule has 0 amide bonds. The maximum atomic E-state index is 6.07. The van der Waals surface area contributed by atoms with Gasteiger partial charge in [0.2, 0.25) is 0 Å². The van der Waals surface area contributed by atoms with Crippen molar-refractivity contribution in [3.63, 3.8) is 0 Å². The topological polar surface area (TPSA) is 54.7 Å². The van der Waals surface area contributed by atoms with E-state index in [-0.39, 0.29) is 0 Å². The fourth-order valence-corrected chi connectivity index (χ4v) is 1.50. The molecule has 0 fully saturated rings. The van der Waals surface area contributed by atoms with Crippen molar-refractivity contribution in [1.82, 2.24) is 9.97 Å². The fraction of sp³-hybridized carbons (Fsp3) is 0.222. The largest absolute Gasteiger partial charge is 0.341 e. The molecule has 0 aliphatic carbocycles. The summed E-state index contributed by atoms with van der Waals surface area (Å²) in [6.45, 7) is 2.36. The molecule has 1 aromatic carbocycles. The first-order valence-electron chi connectivity index (χ1n) is 4.06. The average molecular weight is 196 g/mol. The Labute approximate surface area is 80.9 Å². The van der Waals surface area contributed by atoms with Crippen LogP contribution in [0.4, 0.5) is 0 Å². The number of hydrogen-bond donors (Lipinski definition) is 2. The molecule has 3 nitrogen and oxygen atoms in total. The van der Waals surface area contributed by atoms with Gasteiger partial charge >= 0.3 is 0 Å². The second-order valence-electron chi connectivity index (χ2n) is 2.98. The molecule has 4 heteroatoms. The predicted octanol–water partition coefficient (Wildman–Crippen LogP) is 1.98. The summed E-state index contributed by atoms with van der Waals surface area (Å²) in [5.41, 5.74) is 8.24. The molecule has 13 heavy (non-hydrogen) atoms. The smallest absolute Gasteiger partial charge is 0.121 e. The molecule has 2 aromatic rings. The van der Waals surface area contributed by atoms with Gasteiger partial charge in [-0.2, -0.15) is 0 Å². The average Bonchev–Trinajstić information content (AvgIpc) is 2.55. The highest BCUT2D eigenvalue weighted by atomic mass is 35.5. The zero-order valence-electron chi connectivity index (χ0n) is 7.26. The maximum absolute atomic E-state index is 6.07. The van der Waals surface area contributed by atoms with Gasteiger partial charge in [0.05, 0.1) is 17.1 Å². The Balaban J connectivity index is 2.76. The van der Waals surface area contributed by atoms with E-state index in [4.69, 9.17) is 17.3 Å². The zero-order valence-corrected chi connectivity index (χ0v) is 8.02. The summed E-state index contributed by atoms with van der Waals surface area (Å²) in [6, 6.07) is 3.92. The number of nitrogens with one attached hydrogen (secondary N) is 1. The van der Waals surface area contributed by atoms with Crippen molar-refractivity contribution in [1.29, 1.82) is 0 Å². The number of fused-ring (bicyclic) bond motifs is 1. The van der Waals surface area contributed by atoms with Gasteiger partial charge in [-0.3, -0.25) is 0 Å². The van der Waals surface area contributed by atoms with Gasteiger partial charge in [-0.05, 0) is 18.6 Å². The van der Waals surface area contributed by atoms with Gasteiger partial charge in [-0.1, -0.05) is 17.7 Å². The van der Waals surface area contributed by atoms with Crippen molar-refractivity contribution in [2.45, 2.75) is 13.5 Å². The van der Waals surface area contributed by atoms with Crippen LogP contribution in [0.25, 0.3) is 11.0 Å². The number of nitrogens with two attached hydrogens (primary N) is 1. The van der Waals surface area contributed by atoms with Crippen LogP contribution in [0.3, 0.4) is 0 Å². The minimum Gasteiger partial charge on any atom is -0.341 e. The summed E-state index contributed by atoms with van der Waals surface area (Å²) in [7, 11) is 0. The van der Waals surface area contributed by atoms with Crippen molar-refractivity contribution in [3.05, 3.63) is 28.5 Å². The van der Waals surface area contributed by atoms with Crippen LogP contribution in [0.15, 0.2) is 12.1 Å². The van der Waals surface area contributed by atoms with Gasteiger partial charge in [-0.25, -0.2) is 4.98 Å². The number of aryl methyl sites for hydroxylation is 1. The van der Waals surface area contributed by atoms with E-state index >= 15 is 0 Å². The molecule has 1 heterocycles. The van der Waals surface area contributed by atoms with E-state index in [1.165, 1.54) is 0 Å². The summed E-state index contributed by atoms with van der Waals surface area (Å²) in [5.74, 6) is 0.766. The first kappa shape index (κ1) is 8.53. The van der Waals surface area contributed by atoms with Gasteiger partial charge in [0.25, 0.3) is 0 Å². The molecule has 0 bridgehead atoms. The number of rotatable bonds is 1. The van der Waals surface area contributed by atoms with Crippen LogP contribution in [0, 0.1) is 6.92 Å². The molecule has 68 valence electrons. The van der Waals surface area contributed by atoms with Gasteiger partial charge in [-0.15, -0.1) is 0 Å².